The van der Waals surface area contributed by atoms with Crippen molar-refractivity contribution in [3.05, 3.63) is 0 Å². The number of hydrogen-bond donors (Lipinski definition) is 0. The van der Waals surface area contributed by atoms with Crippen molar-refractivity contribution in [1.29, 1.82) is 0 Å². The van der Waals surface area contributed by atoms with Crippen molar-refractivity contribution in [2.24, 2.45) is 5.92 Å². The molecule has 1 heterocycles. The molecule has 0 aromatic heterocycles. The third-order valence-electron chi connectivity index (χ3n) is 2.81. The van der Waals surface area contributed by atoms with Gasteiger partial charge in [0, 0.05) is 17.8 Å². The van der Waals surface area contributed by atoms with Gasteiger partial charge in [-0.2, -0.15) is 0 Å². The third kappa shape index (κ3) is 1.29. The first-order valence-electron chi connectivity index (χ1n) is 3.49. The molecule has 0 radical (unpaired) electrons. The molecule has 13 heavy (non-hydrogen) atoms. The van der Waals surface area contributed by atoms with Crippen LogP contribution >= 0.6 is 0 Å². The van der Waals surface area contributed by atoms with E-state index in [1.165, 1.54) is 0 Å². The molecule has 1 nitrogen and oxygen atoms in total. The van der Waals surface area contributed by atoms with Gasteiger partial charge in [-0.1, -0.05) is 0 Å². The van der Waals surface area contributed by atoms with Crippen molar-refractivity contribution < 1.29 is 77.8 Å². The van der Waals surface area contributed by atoms with Crippen LogP contribution in [0.1, 0.15) is 0 Å². The zero-order valence-electron chi connectivity index (χ0n) is 6.87. The molecule has 0 N–H and O–H groups in total. The van der Waals surface area contributed by atoms with Crippen molar-refractivity contribution in [1.82, 2.24) is 0 Å². The van der Waals surface area contributed by atoms with Crippen LogP contribution in [0.5, 0.6) is 0 Å². The Hall–Kier alpha value is 1.31. The van der Waals surface area contributed by atoms with Crippen LogP contribution in [0.15, 0.2) is 0 Å². The first kappa shape index (κ1) is 12.4. The summed E-state index contributed by atoms with van der Waals surface area (Å²) in [5.41, 5.74) is 0. The Balaban J connectivity index is 0.000000845. The Kier molecular flexibility index (Phi) is 3.00. The van der Waals surface area contributed by atoms with Crippen LogP contribution in [-0.4, -0.2) is 26.1 Å². The first-order valence-corrected chi connectivity index (χ1v) is 3.49. The van der Waals surface area contributed by atoms with E-state index in [9.17, 15) is 21.7 Å². The summed E-state index contributed by atoms with van der Waals surface area (Å²) in [4.78, 5) is 0. The maximum Gasteiger partial charge on any atom is 1.00 e. The van der Waals surface area contributed by atoms with Gasteiger partial charge in [-0.3, -0.25) is 0 Å². The average molecular weight is 226 g/mol. The summed E-state index contributed by atoms with van der Waals surface area (Å²) >= 11 is 0. The van der Waals surface area contributed by atoms with Gasteiger partial charge in [-0.25, -0.2) is 8.78 Å². The predicted octanol–water partition coefficient (Wildman–Crippen LogP) is -1.13. The minimum atomic E-state index is -5.50. The fourth-order valence-corrected chi connectivity index (χ4v) is 1.89. The van der Waals surface area contributed by atoms with E-state index in [0.29, 0.717) is 0 Å². The zero-order chi connectivity index (χ0) is 9.20. The quantitative estimate of drug-likeness (QED) is 0.406. The second kappa shape index (κ2) is 3.15. The number of hydrogen-bond acceptors (Lipinski definition) is 1. The normalized spacial score (nSPS) is 40.8. The van der Waals surface area contributed by atoms with Gasteiger partial charge in [0.15, 0.2) is 0 Å². The van der Waals surface area contributed by atoms with Crippen molar-refractivity contribution >= 4 is 6.98 Å². The van der Waals surface area contributed by atoms with Gasteiger partial charge in [0.2, 0.25) is 5.92 Å². The van der Waals surface area contributed by atoms with E-state index >= 15 is 0 Å². The largest absolute Gasteiger partial charge is 1.00 e. The second-order valence-electron chi connectivity index (χ2n) is 3.31. The fourth-order valence-electron chi connectivity index (χ4n) is 1.89. The molecular formula is C5H5BF5KO. The number of halogens is 5. The minimum Gasteiger partial charge on any atom is -0.448 e. The smallest absolute Gasteiger partial charge is 0.448 e. The molecule has 1 aliphatic heterocycles. The summed E-state index contributed by atoms with van der Waals surface area (Å²) in [5, 5.41) is -2.80. The second-order valence-corrected chi connectivity index (χ2v) is 3.31. The molecule has 2 atom stereocenters. The molecule has 2 aliphatic rings. The summed E-state index contributed by atoms with van der Waals surface area (Å²) < 4.78 is 66.2. The molecule has 0 aromatic carbocycles. The SMILES string of the molecule is F[B-](F)(F)C12COCC1C2(F)F.[K+]. The molecule has 2 fully saturated rings. The summed E-state index contributed by atoms with van der Waals surface area (Å²) in [7, 11) is 0. The summed E-state index contributed by atoms with van der Waals surface area (Å²) in [5.74, 6) is -5.20. The topological polar surface area (TPSA) is 9.23 Å². The molecule has 1 aliphatic carbocycles. The molecule has 0 amide bonds. The monoisotopic (exact) mass is 226 g/mol. The summed E-state index contributed by atoms with van der Waals surface area (Å²) in [6.45, 7) is -6.83. The molecule has 1 saturated carbocycles. The van der Waals surface area contributed by atoms with Crippen LogP contribution < -0.4 is 51.4 Å². The Labute approximate surface area is 114 Å². The van der Waals surface area contributed by atoms with Gasteiger partial charge >= 0.3 is 58.4 Å². The fraction of sp³-hybridized carbons (Fsp3) is 1.00. The van der Waals surface area contributed by atoms with E-state index in [1.54, 1.807) is 0 Å². The van der Waals surface area contributed by atoms with Crippen LogP contribution in [0.25, 0.3) is 0 Å². The zero-order valence-corrected chi connectivity index (χ0v) is 9.99. The van der Waals surface area contributed by atoms with Crippen LogP contribution in [0.3, 0.4) is 0 Å². The van der Waals surface area contributed by atoms with Gasteiger partial charge in [0.1, 0.15) is 0 Å². The molecule has 0 aromatic rings. The summed E-state index contributed by atoms with van der Waals surface area (Å²) in [6.07, 6.45) is 0. The standard InChI is InChI=1S/C5H5BF5O.K/c7-5(8)3-1-12-2-4(3,5)6(9,10)11;/h3H,1-2H2;/q-1;+1. The Morgan fingerprint density at radius 2 is 1.77 bits per heavy atom. The van der Waals surface area contributed by atoms with Crippen molar-refractivity contribution in [3.63, 3.8) is 0 Å². The molecule has 0 spiro atoms. The molecule has 8 heteroatoms. The molecule has 2 rings (SSSR count). The Bertz CT molecular complexity index is 219. The van der Waals surface area contributed by atoms with E-state index in [0.717, 1.165) is 0 Å². The van der Waals surface area contributed by atoms with E-state index in [1.807, 2.05) is 0 Å². The Morgan fingerprint density at radius 1 is 1.23 bits per heavy atom. The van der Waals surface area contributed by atoms with Gasteiger partial charge in [0.05, 0.1) is 6.61 Å². The van der Waals surface area contributed by atoms with E-state index in [-0.39, 0.29) is 51.4 Å². The van der Waals surface area contributed by atoms with Crippen LogP contribution in [0.4, 0.5) is 21.7 Å². The van der Waals surface area contributed by atoms with Crippen LogP contribution in [0, 0.1) is 5.92 Å². The number of rotatable bonds is 1. The molecule has 1 saturated heterocycles. The molecule has 0 bridgehead atoms. The predicted molar refractivity (Wildman–Crippen MR) is 31.0 cm³/mol. The number of fused-ring (bicyclic) bond motifs is 1. The van der Waals surface area contributed by atoms with Gasteiger partial charge in [-0.15, -0.1) is 0 Å². The maximum atomic E-state index is 12.6. The van der Waals surface area contributed by atoms with Crippen molar-refractivity contribution in [2.45, 2.75) is 11.2 Å². The van der Waals surface area contributed by atoms with Crippen molar-refractivity contribution in [3.8, 4) is 0 Å². The van der Waals surface area contributed by atoms with Crippen LogP contribution in [-0.2, 0) is 4.74 Å². The third-order valence-corrected chi connectivity index (χ3v) is 2.81. The average Bonchev–Trinajstić information content (AvgIpc) is 2.29. The van der Waals surface area contributed by atoms with E-state index in [2.05, 4.69) is 4.74 Å². The molecular weight excluding hydrogens is 221 g/mol. The van der Waals surface area contributed by atoms with Gasteiger partial charge in [0.25, 0.3) is 0 Å². The Morgan fingerprint density at radius 3 is 2.00 bits per heavy atom. The first-order chi connectivity index (χ1) is 5.34. The van der Waals surface area contributed by atoms with Crippen LogP contribution in [0.2, 0.25) is 5.31 Å². The molecule has 70 valence electrons. The van der Waals surface area contributed by atoms with E-state index < -0.39 is 37.3 Å². The van der Waals surface area contributed by atoms with Crippen molar-refractivity contribution in [2.75, 3.05) is 13.2 Å². The molecule has 2 unspecified atom stereocenters. The number of ether oxygens (including phenoxy) is 1. The maximum absolute atomic E-state index is 12.6. The summed E-state index contributed by atoms with van der Waals surface area (Å²) in [6, 6.07) is 0. The number of alkyl halides is 2. The minimum absolute atomic E-state index is 0. The van der Waals surface area contributed by atoms with Gasteiger partial charge < -0.3 is 17.7 Å². The van der Waals surface area contributed by atoms with Gasteiger partial charge in [-0.05, 0) is 0 Å². The van der Waals surface area contributed by atoms with E-state index in [4.69, 9.17) is 0 Å².